The number of hydrogen-bond donors (Lipinski definition) is 1. The van der Waals surface area contributed by atoms with Gasteiger partial charge in [-0.3, -0.25) is 19.1 Å². The number of hydrogen-bond acceptors (Lipinski definition) is 9. The number of imidazole rings is 1. The van der Waals surface area contributed by atoms with Crippen molar-refractivity contribution in [3.8, 4) is 11.3 Å². The number of fused-ring (bicyclic) bond motifs is 4. The molecule has 1 spiro atoms. The van der Waals surface area contributed by atoms with Crippen molar-refractivity contribution in [1.29, 1.82) is 0 Å². The number of nitrogens with zero attached hydrogens (tertiary/aromatic N) is 6. The van der Waals surface area contributed by atoms with E-state index in [1.165, 1.54) is 5.56 Å². The SMILES string of the molecule is CN1Cc2nc(Nc3ccc(-c4cnc5cnccn45)c4c3C(=O)N(C(=O)OC(C)(C)C)C4)ccc2C12CCOCC2. The van der Waals surface area contributed by atoms with Gasteiger partial charge in [-0.2, -0.15) is 0 Å². The lowest BCUT2D eigenvalue weighted by Crippen LogP contribution is -2.43. The van der Waals surface area contributed by atoms with Crippen LogP contribution in [0.5, 0.6) is 0 Å². The lowest BCUT2D eigenvalue weighted by Gasteiger charge is -2.40. The van der Waals surface area contributed by atoms with Crippen LogP contribution in [0.4, 0.5) is 16.3 Å². The summed E-state index contributed by atoms with van der Waals surface area (Å²) in [4.78, 5) is 44.2. The Kier molecular flexibility index (Phi) is 6.07. The van der Waals surface area contributed by atoms with Gasteiger partial charge in [0.2, 0.25) is 0 Å². The standard InChI is InChI=1S/C31H33N7O4/c1-30(2,3)42-29(40)38-17-20-19(24-15-33-26-16-32-11-12-37(24)26)5-7-22(27(20)28(38)39)34-25-8-6-21-23(35-25)18-36(4)31(21)9-13-41-14-10-31/h5-8,11-12,15-16H,9-10,13-14,17-18H2,1-4H3,(H,34,35). The highest BCUT2D eigenvalue weighted by molar-refractivity contribution is 6.11. The van der Waals surface area contributed by atoms with E-state index in [0.717, 1.165) is 60.0 Å². The third-order valence-corrected chi connectivity index (χ3v) is 8.47. The van der Waals surface area contributed by atoms with Crippen molar-refractivity contribution in [3.63, 3.8) is 0 Å². The Morgan fingerprint density at radius 3 is 2.69 bits per heavy atom. The maximum Gasteiger partial charge on any atom is 0.417 e. The first kappa shape index (κ1) is 26.5. The Bertz CT molecular complexity index is 1740. The van der Waals surface area contributed by atoms with E-state index in [0.29, 0.717) is 22.7 Å². The van der Waals surface area contributed by atoms with Crippen LogP contribution in [0.1, 0.15) is 60.8 Å². The number of ether oxygens (including phenoxy) is 2. The second kappa shape index (κ2) is 9.60. The number of carbonyl (C=O) groups excluding carboxylic acids is 2. The zero-order valence-corrected chi connectivity index (χ0v) is 24.2. The molecule has 11 nitrogen and oxygen atoms in total. The number of benzene rings is 1. The average Bonchev–Trinajstić information content (AvgIpc) is 3.61. The zero-order chi connectivity index (χ0) is 29.2. The van der Waals surface area contributed by atoms with Crippen LogP contribution in [0.15, 0.2) is 49.1 Å². The molecule has 0 unspecified atom stereocenters. The van der Waals surface area contributed by atoms with Crippen LogP contribution in [-0.4, -0.2) is 67.0 Å². The minimum atomic E-state index is -0.742. The summed E-state index contributed by atoms with van der Waals surface area (Å²) in [6, 6.07) is 7.94. The highest BCUT2D eigenvalue weighted by Crippen LogP contribution is 2.45. The first-order valence-electron chi connectivity index (χ1n) is 14.2. The highest BCUT2D eigenvalue weighted by Gasteiger charge is 2.45. The molecule has 0 bridgehead atoms. The molecular weight excluding hydrogens is 534 g/mol. The predicted octanol–water partition coefficient (Wildman–Crippen LogP) is 4.88. The number of nitrogens with one attached hydrogen (secondary N) is 1. The molecule has 3 aliphatic heterocycles. The van der Waals surface area contributed by atoms with Gasteiger partial charge in [0, 0.05) is 37.7 Å². The Morgan fingerprint density at radius 1 is 1.10 bits per heavy atom. The second-order valence-corrected chi connectivity index (χ2v) is 12.1. The predicted molar refractivity (Wildman–Crippen MR) is 155 cm³/mol. The minimum absolute atomic E-state index is 0.0462. The van der Waals surface area contributed by atoms with Crippen molar-refractivity contribution in [2.45, 2.75) is 57.8 Å². The molecular formula is C31H33N7O4. The first-order valence-corrected chi connectivity index (χ1v) is 14.2. The van der Waals surface area contributed by atoms with Gasteiger partial charge < -0.3 is 14.8 Å². The van der Waals surface area contributed by atoms with Gasteiger partial charge in [0.25, 0.3) is 5.91 Å². The van der Waals surface area contributed by atoms with E-state index in [4.69, 9.17) is 14.5 Å². The third kappa shape index (κ3) is 4.23. The smallest absolute Gasteiger partial charge is 0.417 e. The Morgan fingerprint density at radius 2 is 1.90 bits per heavy atom. The number of carbonyl (C=O) groups is 2. The van der Waals surface area contributed by atoms with E-state index in [1.54, 1.807) is 39.4 Å². The summed E-state index contributed by atoms with van der Waals surface area (Å²) in [6.07, 6.45) is 8.15. The summed E-state index contributed by atoms with van der Waals surface area (Å²) in [6.45, 7) is 7.65. The van der Waals surface area contributed by atoms with Crippen molar-refractivity contribution in [2.24, 2.45) is 0 Å². The normalized spacial score (nSPS) is 18.0. The van der Waals surface area contributed by atoms with Crippen molar-refractivity contribution in [3.05, 3.63) is 71.4 Å². The highest BCUT2D eigenvalue weighted by atomic mass is 16.6. The third-order valence-electron chi connectivity index (χ3n) is 8.47. The van der Waals surface area contributed by atoms with Crippen LogP contribution in [0.2, 0.25) is 0 Å². The Labute approximate surface area is 243 Å². The van der Waals surface area contributed by atoms with Gasteiger partial charge in [0.1, 0.15) is 11.4 Å². The average molecular weight is 568 g/mol. The fourth-order valence-corrected chi connectivity index (χ4v) is 6.47. The first-order chi connectivity index (χ1) is 20.1. The van der Waals surface area contributed by atoms with E-state index in [-0.39, 0.29) is 12.1 Å². The Balaban J connectivity index is 1.28. The maximum atomic E-state index is 13.9. The lowest BCUT2D eigenvalue weighted by molar-refractivity contribution is -0.0132. The van der Waals surface area contributed by atoms with Gasteiger partial charge in [-0.25, -0.2) is 19.7 Å². The van der Waals surface area contributed by atoms with Gasteiger partial charge in [-0.1, -0.05) is 12.1 Å². The quantitative estimate of drug-likeness (QED) is 0.370. The van der Waals surface area contributed by atoms with Crippen LogP contribution < -0.4 is 5.32 Å². The van der Waals surface area contributed by atoms with E-state index in [9.17, 15) is 9.59 Å². The molecule has 11 heteroatoms. The van der Waals surface area contributed by atoms with Crippen LogP contribution in [0, 0.1) is 0 Å². The van der Waals surface area contributed by atoms with Gasteiger partial charge in [-0.15, -0.1) is 0 Å². The molecule has 0 aliphatic carbocycles. The second-order valence-electron chi connectivity index (χ2n) is 12.1. The number of imide groups is 1. The number of aromatic nitrogens is 4. The van der Waals surface area contributed by atoms with Crippen molar-refractivity contribution < 1.29 is 19.1 Å². The van der Waals surface area contributed by atoms with Crippen molar-refractivity contribution in [2.75, 3.05) is 25.6 Å². The van der Waals surface area contributed by atoms with Crippen LogP contribution in [0.25, 0.3) is 16.9 Å². The summed E-state index contributed by atoms with van der Waals surface area (Å²) in [5, 5.41) is 3.40. The van der Waals surface area contributed by atoms with Gasteiger partial charge in [0.15, 0.2) is 5.65 Å². The van der Waals surface area contributed by atoms with E-state index in [2.05, 4.69) is 33.3 Å². The molecule has 1 saturated heterocycles. The molecule has 1 aromatic carbocycles. The van der Waals surface area contributed by atoms with Crippen molar-refractivity contribution in [1.82, 2.24) is 29.2 Å². The van der Waals surface area contributed by atoms with Crippen LogP contribution in [-0.2, 0) is 28.1 Å². The lowest BCUT2D eigenvalue weighted by atomic mass is 9.84. The molecule has 3 aromatic heterocycles. The van der Waals surface area contributed by atoms with E-state index in [1.807, 2.05) is 28.8 Å². The molecule has 6 heterocycles. The van der Waals surface area contributed by atoms with Crippen molar-refractivity contribution >= 4 is 29.2 Å². The molecule has 1 N–H and O–H groups in total. The molecule has 0 radical (unpaired) electrons. The minimum Gasteiger partial charge on any atom is -0.443 e. The van der Waals surface area contributed by atoms with Crippen LogP contribution >= 0.6 is 0 Å². The number of rotatable bonds is 3. The molecule has 4 aromatic rings. The molecule has 42 heavy (non-hydrogen) atoms. The fraction of sp³-hybridized carbons (Fsp3) is 0.387. The molecule has 1 fully saturated rings. The maximum absolute atomic E-state index is 13.9. The zero-order valence-electron chi connectivity index (χ0n) is 24.2. The topological polar surface area (TPSA) is 114 Å². The summed E-state index contributed by atoms with van der Waals surface area (Å²) >= 11 is 0. The number of pyridine rings is 1. The molecule has 2 amide bonds. The van der Waals surface area contributed by atoms with Crippen LogP contribution in [0.3, 0.4) is 0 Å². The fourth-order valence-electron chi connectivity index (χ4n) is 6.47. The molecule has 3 aliphatic rings. The molecule has 0 atom stereocenters. The summed E-state index contributed by atoms with van der Waals surface area (Å²) < 4.78 is 13.2. The summed E-state index contributed by atoms with van der Waals surface area (Å²) in [5.41, 5.74) is 5.50. The summed E-state index contributed by atoms with van der Waals surface area (Å²) in [7, 11) is 2.14. The summed E-state index contributed by atoms with van der Waals surface area (Å²) in [5.74, 6) is 0.228. The van der Waals surface area contributed by atoms with E-state index >= 15 is 0 Å². The molecule has 216 valence electrons. The number of anilines is 2. The number of amides is 2. The monoisotopic (exact) mass is 567 g/mol. The Hall–Kier alpha value is -4.35. The van der Waals surface area contributed by atoms with Gasteiger partial charge in [-0.05, 0) is 63.9 Å². The van der Waals surface area contributed by atoms with Gasteiger partial charge in [0.05, 0.1) is 47.1 Å². The molecule has 7 rings (SSSR count). The molecule has 0 saturated carbocycles. The largest absolute Gasteiger partial charge is 0.443 e. The van der Waals surface area contributed by atoms with Gasteiger partial charge >= 0.3 is 6.09 Å². The van der Waals surface area contributed by atoms with E-state index < -0.39 is 17.6 Å².